The predicted molar refractivity (Wildman–Crippen MR) is 79.7 cm³/mol. The first-order valence-corrected chi connectivity index (χ1v) is 7.14. The summed E-state index contributed by atoms with van der Waals surface area (Å²) in [6.07, 6.45) is 3.80. The molecule has 1 aliphatic heterocycles. The molecule has 1 atom stereocenters. The van der Waals surface area contributed by atoms with Crippen LogP contribution in [-0.2, 0) is 24.2 Å². The number of rotatable bonds is 4. The Kier molecular flexibility index (Phi) is 3.81. The van der Waals surface area contributed by atoms with E-state index in [-0.39, 0.29) is 11.9 Å². The van der Waals surface area contributed by atoms with Crippen molar-refractivity contribution in [3.05, 3.63) is 60.2 Å². The largest absolute Gasteiger partial charge is 0.348 e. The van der Waals surface area contributed by atoms with Crippen molar-refractivity contribution in [2.45, 2.75) is 31.8 Å². The smallest absolute Gasteiger partial charge is 0.243 e. The lowest BCUT2D eigenvalue weighted by molar-refractivity contribution is -0.117. The Morgan fingerprint density at radius 1 is 1.38 bits per heavy atom. The van der Waals surface area contributed by atoms with Crippen molar-refractivity contribution in [3.63, 3.8) is 0 Å². The van der Waals surface area contributed by atoms with Gasteiger partial charge in [0.25, 0.3) is 0 Å². The first-order valence-electron chi connectivity index (χ1n) is 7.14. The van der Waals surface area contributed by atoms with Crippen molar-refractivity contribution in [3.8, 4) is 0 Å². The summed E-state index contributed by atoms with van der Waals surface area (Å²) in [6, 6.07) is 10.3. The van der Waals surface area contributed by atoms with Gasteiger partial charge in [-0.3, -0.25) is 4.79 Å². The van der Waals surface area contributed by atoms with Crippen molar-refractivity contribution < 1.29 is 4.79 Å². The fourth-order valence-electron chi connectivity index (χ4n) is 2.67. The second-order valence-electron chi connectivity index (χ2n) is 5.25. The van der Waals surface area contributed by atoms with Crippen LogP contribution in [0, 0.1) is 0 Å². The van der Waals surface area contributed by atoms with Gasteiger partial charge in [-0.05, 0) is 18.1 Å². The summed E-state index contributed by atoms with van der Waals surface area (Å²) in [6.45, 7) is 4.22. The molecular formula is C16H18N4O. The molecular weight excluding hydrogens is 264 g/mol. The molecule has 1 amide bonds. The molecule has 0 saturated carbocycles. The average Bonchev–Trinajstić information content (AvgIpc) is 2.91. The maximum absolute atomic E-state index is 11.4. The van der Waals surface area contributed by atoms with Crippen LogP contribution < -0.4 is 5.32 Å². The Balaban J connectivity index is 1.76. The van der Waals surface area contributed by atoms with Gasteiger partial charge in [0.1, 0.15) is 11.6 Å². The van der Waals surface area contributed by atoms with Crippen LogP contribution in [0.3, 0.4) is 0 Å². The lowest BCUT2D eigenvalue weighted by Gasteiger charge is -2.24. The molecule has 21 heavy (non-hydrogen) atoms. The highest BCUT2D eigenvalue weighted by Gasteiger charge is 2.23. The van der Waals surface area contributed by atoms with Crippen molar-refractivity contribution in [1.82, 2.24) is 20.1 Å². The Morgan fingerprint density at radius 3 is 2.95 bits per heavy atom. The van der Waals surface area contributed by atoms with Crippen molar-refractivity contribution in [2.75, 3.05) is 0 Å². The fraction of sp³-hybridized carbons (Fsp3) is 0.312. The average molecular weight is 282 g/mol. The number of fused-ring (bicyclic) bond motifs is 1. The molecule has 1 aromatic carbocycles. The van der Waals surface area contributed by atoms with Crippen LogP contribution in [0.15, 0.2) is 43.0 Å². The molecule has 108 valence electrons. The number of carbonyl (C=O) groups is 1. The van der Waals surface area contributed by atoms with Crippen LogP contribution in [0.4, 0.5) is 0 Å². The Bertz CT molecular complexity index is 648. The number of hydrogen-bond acceptors (Lipinski definition) is 3. The van der Waals surface area contributed by atoms with Crippen LogP contribution in [0.2, 0.25) is 0 Å². The molecule has 1 aromatic heterocycles. The fourth-order valence-corrected chi connectivity index (χ4v) is 2.67. The number of nitrogens with one attached hydrogen (secondary N) is 1. The number of hydrogen-bond donors (Lipinski definition) is 1. The number of carbonyl (C=O) groups excluding carboxylic acids is 1. The summed E-state index contributed by atoms with van der Waals surface area (Å²) in [5.74, 6) is 1.83. The summed E-state index contributed by atoms with van der Waals surface area (Å²) < 4.78 is 2.13. The Labute approximate surface area is 123 Å². The van der Waals surface area contributed by atoms with Gasteiger partial charge in [-0.25, -0.2) is 0 Å². The topological polar surface area (TPSA) is 59.8 Å². The van der Waals surface area contributed by atoms with E-state index in [4.69, 9.17) is 0 Å². The molecule has 1 N–H and O–H groups in total. The molecule has 0 saturated heterocycles. The molecule has 0 spiro atoms. The molecule has 1 aliphatic rings. The van der Waals surface area contributed by atoms with Gasteiger partial charge in [0.05, 0.1) is 0 Å². The summed E-state index contributed by atoms with van der Waals surface area (Å²) in [5.41, 5.74) is 1.21. The highest BCUT2D eigenvalue weighted by Crippen LogP contribution is 2.17. The third-order valence-corrected chi connectivity index (χ3v) is 3.76. The van der Waals surface area contributed by atoms with E-state index in [0.717, 1.165) is 37.5 Å². The number of amides is 1. The molecule has 5 heteroatoms. The minimum absolute atomic E-state index is 0.119. The van der Waals surface area contributed by atoms with Gasteiger partial charge < -0.3 is 9.88 Å². The maximum Gasteiger partial charge on any atom is 0.243 e. The quantitative estimate of drug-likeness (QED) is 0.864. The van der Waals surface area contributed by atoms with Crippen LogP contribution in [-0.4, -0.2) is 26.7 Å². The number of aryl methyl sites for hydroxylation is 1. The van der Waals surface area contributed by atoms with Crippen molar-refractivity contribution in [2.24, 2.45) is 0 Å². The van der Waals surface area contributed by atoms with Crippen LogP contribution >= 0.6 is 0 Å². The van der Waals surface area contributed by atoms with Gasteiger partial charge in [-0.15, -0.1) is 10.2 Å². The zero-order valence-electron chi connectivity index (χ0n) is 11.8. The van der Waals surface area contributed by atoms with Crippen molar-refractivity contribution >= 4 is 5.91 Å². The highest BCUT2D eigenvalue weighted by atomic mass is 16.1. The third kappa shape index (κ3) is 3.02. The van der Waals surface area contributed by atoms with Crippen LogP contribution in [0.25, 0.3) is 0 Å². The van der Waals surface area contributed by atoms with Gasteiger partial charge in [0.15, 0.2) is 0 Å². The van der Waals surface area contributed by atoms with Gasteiger partial charge >= 0.3 is 0 Å². The van der Waals surface area contributed by atoms with E-state index in [1.165, 1.54) is 11.6 Å². The first kappa shape index (κ1) is 13.5. The second kappa shape index (κ2) is 5.91. The molecule has 1 unspecified atom stereocenters. The minimum atomic E-state index is -0.124. The zero-order valence-corrected chi connectivity index (χ0v) is 11.8. The van der Waals surface area contributed by atoms with E-state index >= 15 is 0 Å². The van der Waals surface area contributed by atoms with Crippen LogP contribution in [0.5, 0.6) is 0 Å². The van der Waals surface area contributed by atoms with E-state index in [9.17, 15) is 4.79 Å². The Morgan fingerprint density at radius 2 is 2.19 bits per heavy atom. The lowest BCUT2D eigenvalue weighted by Crippen LogP contribution is -2.40. The van der Waals surface area contributed by atoms with Crippen molar-refractivity contribution in [1.29, 1.82) is 0 Å². The summed E-state index contributed by atoms with van der Waals surface area (Å²) in [4.78, 5) is 11.4. The molecule has 0 aliphatic carbocycles. The lowest BCUT2D eigenvalue weighted by atomic mass is 10.1. The maximum atomic E-state index is 11.4. The van der Waals surface area contributed by atoms with Gasteiger partial charge in [0.2, 0.25) is 5.91 Å². The SMILES string of the molecule is C=CC(=O)NC1CCc2nnc(Cc3ccccc3)n2C1. The predicted octanol–water partition coefficient (Wildman–Crippen LogP) is 1.49. The van der Waals surface area contributed by atoms with Gasteiger partial charge in [0, 0.05) is 25.4 Å². The molecule has 3 rings (SSSR count). The molecule has 2 aromatic rings. The summed E-state index contributed by atoms with van der Waals surface area (Å²) >= 11 is 0. The first-order chi connectivity index (χ1) is 10.3. The van der Waals surface area contributed by atoms with E-state index in [1.54, 1.807) is 0 Å². The number of benzene rings is 1. The number of nitrogens with zero attached hydrogens (tertiary/aromatic N) is 3. The molecule has 0 fully saturated rings. The van der Waals surface area contributed by atoms with Crippen LogP contribution in [0.1, 0.15) is 23.6 Å². The second-order valence-corrected chi connectivity index (χ2v) is 5.25. The van der Waals surface area contributed by atoms with E-state index in [2.05, 4.69) is 38.8 Å². The highest BCUT2D eigenvalue weighted by molar-refractivity contribution is 5.87. The molecule has 5 nitrogen and oxygen atoms in total. The Hall–Kier alpha value is -2.43. The molecule has 0 bridgehead atoms. The van der Waals surface area contributed by atoms with Gasteiger partial charge in [-0.2, -0.15) is 0 Å². The van der Waals surface area contributed by atoms with E-state index < -0.39 is 0 Å². The standard InChI is InChI=1S/C16H18N4O/c1-2-16(21)17-13-8-9-14-18-19-15(20(14)11-13)10-12-6-4-3-5-7-12/h2-7,13H,1,8-11H2,(H,17,21). The summed E-state index contributed by atoms with van der Waals surface area (Å²) in [7, 11) is 0. The third-order valence-electron chi connectivity index (χ3n) is 3.76. The van der Waals surface area contributed by atoms with Gasteiger partial charge in [-0.1, -0.05) is 36.9 Å². The van der Waals surface area contributed by atoms with E-state index in [1.807, 2.05) is 18.2 Å². The number of aromatic nitrogens is 3. The zero-order chi connectivity index (χ0) is 14.7. The molecule has 0 radical (unpaired) electrons. The monoisotopic (exact) mass is 282 g/mol. The van der Waals surface area contributed by atoms with E-state index in [0.29, 0.717) is 0 Å². The normalized spacial score (nSPS) is 17.0. The summed E-state index contributed by atoms with van der Waals surface area (Å²) in [5, 5.41) is 11.5. The molecule has 2 heterocycles. The minimum Gasteiger partial charge on any atom is -0.348 e.